The van der Waals surface area contributed by atoms with Gasteiger partial charge in [-0.3, -0.25) is 14.5 Å². The molecule has 0 spiro atoms. The molecule has 1 saturated heterocycles. The summed E-state index contributed by atoms with van der Waals surface area (Å²) in [6.07, 6.45) is 0.599. The number of fused-ring (bicyclic) bond motifs is 1. The average Bonchev–Trinajstić information content (AvgIpc) is 2.64. The first kappa shape index (κ1) is 13.1. The molecule has 0 aromatic heterocycles. The van der Waals surface area contributed by atoms with E-state index in [1.807, 2.05) is 0 Å². The van der Waals surface area contributed by atoms with Gasteiger partial charge in [0.25, 0.3) is 11.8 Å². The summed E-state index contributed by atoms with van der Waals surface area (Å²) in [5.74, 6) is -0.754. The molecule has 2 N–H and O–H groups in total. The maximum absolute atomic E-state index is 12.4. The molecular formula is C13H14N2O4S. The van der Waals surface area contributed by atoms with Gasteiger partial charge in [0.1, 0.15) is 9.84 Å². The zero-order chi connectivity index (χ0) is 14.5. The molecule has 0 unspecified atom stereocenters. The molecule has 2 aliphatic heterocycles. The Morgan fingerprint density at radius 1 is 1.10 bits per heavy atom. The number of hydrogen-bond acceptors (Lipinski definition) is 5. The summed E-state index contributed by atoms with van der Waals surface area (Å²) in [5, 5.41) is 0. The number of imide groups is 1. The van der Waals surface area contributed by atoms with Crippen LogP contribution in [0.2, 0.25) is 0 Å². The van der Waals surface area contributed by atoms with E-state index in [2.05, 4.69) is 0 Å². The second-order valence-electron chi connectivity index (χ2n) is 5.13. The number of nitrogens with zero attached hydrogens (tertiary/aromatic N) is 1. The molecule has 2 amide bonds. The topological polar surface area (TPSA) is 97.5 Å². The lowest BCUT2D eigenvalue weighted by atomic mass is 10.1. The molecule has 3 rings (SSSR count). The second-order valence-corrected chi connectivity index (χ2v) is 7.44. The van der Waals surface area contributed by atoms with E-state index in [0.29, 0.717) is 18.4 Å². The van der Waals surface area contributed by atoms with Gasteiger partial charge in [-0.15, -0.1) is 0 Å². The summed E-state index contributed by atoms with van der Waals surface area (Å²) in [4.78, 5) is 25.9. The molecule has 1 fully saturated rings. The Morgan fingerprint density at radius 3 is 2.35 bits per heavy atom. The minimum absolute atomic E-state index is 0.0144. The van der Waals surface area contributed by atoms with Crippen molar-refractivity contribution in [3.8, 4) is 0 Å². The van der Waals surface area contributed by atoms with Crippen molar-refractivity contribution in [1.82, 2.24) is 4.90 Å². The smallest absolute Gasteiger partial charge is 0.263 e. The molecule has 20 heavy (non-hydrogen) atoms. The van der Waals surface area contributed by atoms with Gasteiger partial charge in [0, 0.05) is 11.7 Å². The first-order valence-electron chi connectivity index (χ1n) is 6.37. The largest absolute Gasteiger partial charge is 0.398 e. The molecule has 1 aromatic carbocycles. The normalized spacial score (nSPS) is 22.1. The SMILES string of the molecule is Nc1cccc2c1C(=O)N(C1CCS(=O)(=O)CC1)C2=O. The van der Waals surface area contributed by atoms with Crippen molar-refractivity contribution < 1.29 is 18.0 Å². The van der Waals surface area contributed by atoms with Gasteiger partial charge in [-0.2, -0.15) is 0 Å². The van der Waals surface area contributed by atoms with Gasteiger partial charge in [-0.05, 0) is 25.0 Å². The van der Waals surface area contributed by atoms with Crippen molar-refractivity contribution >= 4 is 27.3 Å². The molecule has 2 aliphatic rings. The first-order chi connectivity index (χ1) is 9.41. The van der Waals surface area contributed by atoms with Crippen molar-refractivity contribution in [2.75, 3.05) is 17.2 Å². The van der Waals surface area contributed by atoms with Crippen molar-refractivity contribution in [3.05, 3.63) is 29.3 Å². The van der Waals surface area contributed by atoms with E-state index in [4.69, 9.17) is 5.73 Å². The van der Waals surface area contributed by atoms with E-state index in [-0.39, 0.29) is 34.7 Å². The number of nitrogen functional groups attached to an aromatic ring is 1. The summed E-state index contributed by atoms with van der Waals surface area (Å²) in [6, 6.07) is 4.43. The Balaban J connectivity index is 1.93. The third-order valence-corrected chi connectivity index (χ3v) is 5.58. The van der Waals surface area contributed by atoms with Crippen LogP contribution in [0.4, 0.5) is 5.69 Å². The third kappa shape index (κ3) is 1.89. The quantitative estimate of drug-likeness (QED) is 0.599. The standard InChI is InChI=1S/C13H14N2O4S/c14-10-3-1-2-9-11(10)13(17)15(12(9)16)8-4-6-20(18,19)7-5-8/h1-3,8H,4-7,14H2. The second kappa shape index (κ2) is 4.31. The van der Waals surface area contributed by atoms with Gasteiger partial charge >= 0.3 is 0 Å². The zero-order valence-corrected chi connectivity index (χ0v) is 11.5. The monoisotopic (exact) mass is 294 g/mol. The van der Waals surface area contributed by atoms with Crippen molar-refractivity contribution in [1.29, 1.82) is 0 Å². The van der Waals surface area contributed by atoms with Crippen molar-refractivity contribution in [2.24, 2.45) is 0 Å². The van der Waals surface area contributed by atoms with Crippen LogP contribution in [0, 0.1) is 0 Å². The fourth-order valence-corrected chi connectivity index (χ4v) is 4.26. The van der Waals surface area contributed by atoms with Crippen LogP contribution in [0.1, 0.15) is 33.6 Å². The molecule has 7 heteroatoms. The fraction of sp³-hybridized carbons (Fsp3) is 0.385. The molecule has 0 radical (unpaired) electrons. The molecule has 0 bridgehead atoms. The highest BCUT2D eigenvalue weighted by Gasteiger charge is 2.42. The summed E-state index contributed by atoms with van der Waals surface area (Å²) < 4.78 is 22.9. The Bertz CT molecular complexity index is 697. The molecule has 106 valence electrons. The van der Waals surface area contributed by atoms with E-state index in [0.717, 1.165) is 0 Å². The molecule has 6 nitrogen and oxygen atoms in total. The summed E-state index contributed by atoms with van der Waals surface area (Å²) >= 11 is 0. The molecular weight excluding hydrogens is 280 g/mol. The number of sulfone groups is 1. The molecule has 1 aromatic rings. The third-order valence-electron chi connectivity index (χ3n) is 3.87. The van der Waals surface area contributed by atoms with Gasteiger partial charge in [0.15, 0.2) is 0 Å². The van der Waals surface area contributed by atoms with E-state index in [9.17, 15) is 18.0 Å². The summed E-state index contributed by atoms with van der Waals surface area (Å²) in [6.45, 7) is 0. The molecule has 0 aliphatic carbocycles. The van der Waals surface area contributed by atoms with E-state index < -0.39 is 15.7 Å². The highest BCUT2D eigenvalue weighted by atomic mass is 32.2. The van der Waals surface area contributed by atoms with Gasteiger partial charge in [-0.1, -0.05) is 6.07 Å². The van der Waals surface area contributed by atoms with Crippen LogP contribution in [0.3, 0.4) is 0 Å². The molecule has 2 heterocycles. The summed E-state index contributed by atoms with van der Waals surface area (Å²) in [5.41, 5.74) is 6.60. The van der Waals surface area contributed by atoms with Crippen molar-refractivity contribution in [2.45, 2.75) is 18.9 Å². The van der Waals surface area contributed by atoms with E-state index >= 15 is 0 Å². The predicted octanol–water partition coefficient (Wildman–Crippen LogP) is 0.442. The first-order valence-corrected chi connectivity index (χ1v) is 8.19. The van der Waals surface area contributed by atoms with E-state index in [1.54, 1.807) is 18.2 Å². The lowest BCUT2D eigenvalue weighted by Crippen LogP contribution is -2.44. The Kier molecular flexibility index (Phi) is 2.82. The number of benzene rings is 1. The highest BCUT2D eigenvalue weighted by Crippen LogP contribution is 2.31. The molecule has 0 atom stereocenters. The fourth-order valence-electron chi connectivity index (χ4n) is 2.80. The van der Waals surface area contributed by atoms with Crippen LogP contribution in [-0.2, 0) is 9.84 Å². The van der Waals surface area contributed by atoms with Gasteiger partial charge < -0.3 is 5.73 Å². The van der Waals surface area contributed by atoms with Crippen LogP contribution >= 0.6 is 0 Å². The lowest BCUT2D eigenvalue weighted by Gasteiger charge is -2.29. The van der Waals surface area contributed by atoms with Crippen molar-refractivity contribution in [3.63, 3.8) is 0 Å². The van der Waals surface area contributed by atoms with E-state index in [1.165, 1.54) is 4.90 Å². The zero-order valence-electron chi connectivity index (χ0n) is 10.7. The maximum atomic E-state index is 12.4. The Labute approximate surface area is 116 Å². The lowest BCUT2D eigenvalue weighted by molar-refractivity contribution is 0.0574. The number of amides is 2. The minimum Gasteiger partial charge on any atom is -0.398 e. The van der Waals surface area contributed by atoms with Crippen LogP contribution in [-0.4, -0.2) is 42.7 Å². The van der Waals surface area contributed by atoms with Crippen LogP contribution in [0.15, 0.2) is 18.2 Å². The van der Waals surface area contributed by atoms with Crippen LogP contribution in [0.25, 0.3) is 0 Å². The van der Waals surface area contributed by atoms with Gasteiger partial charge in [0.2, 0.25) is 0 Å². The number of hydrogen-bond donors (Lipinski definition) is 1. The summed E-state index contributed by atoms with van der Waals surface area (Å²) in [7, 11) is -3.03. The number of nitrogens with two attached hydrogens (primary N) is 1. The Morgan fingerprint density at radius 2 is 1.75 bits per heavy atom. The van der Waals surface area contributed by atoms with Crippen LogP contribution < -0.4 is 5.73 Å². The maximum Gasteiger partial charge on any atom is 0.263 e. The highest BCUT2D eigenvalue weighted by molar-refractivity contribution is 7.91. The minimum atomic E-state index is -3.03. The Hall–Kier alpha value is -1.89. The predicted molar refractivity (Wildman–Crippen MR) is 73.0 cm³/mol. The molecule has 0 saturated carbocycles. The number of anilines is 1. The van der Waals surface area contributed by atoms with Crippen LogP contribution in [0.5, 0.6) is 0 Å². The average molecular weight is 294 g/mol. The number of rotatable bonds is 1. The number of carbonyl (C=O) groups excluding carboxylic acids is 2. The van der Waals surface area contributed by atoms with Gasteiger partial charge in [0.05, 0.1) is 22.6 Å². The van der Waals surface area contributed by atoms with Gasteiger partial charge in [-0.25, -0.2) is 8.42 Å². The number of carbonyl (C=O) groups is 2.